The van der Waals surface area contributed by atoms with E-state index in [4.69, 9.17) is 0 Å². The van der Waals surface area contributed by atoms with Gasteiger partial charge in [-0.3, -0.25) is 4.90 Å². The van der Waals surface area contributed by atoms with Gasteiger partial charge < -0.3 is 0 Å². The van der Waals surface area contributed by atoms with Crippen LogP contribution in [0.3, 0.4) is 0 Å². The lowest BCUT2D eigenvalue weighted by Gasteiger charge is -2.30. The van der Waals surface area contributed by atoms with Gasteiger partial charge in [-0.15, -0.1) is 11.3 Å². The van der Waals surface area contributed by atoms with E-state index in [9.17, 15) is 0 Å². The van der Waals surface area contributed by atoms with Gasteiger partial charge in [-0.05, 0) is 43.2 Å². The minimum atomic E-state index is 0.690. The van der Waals surface area contributed by atoms with Crippen molar-refractivity contribution in [3.8, 4) is 0 Å². The topological polar surface area (TPSA) is 3.24 Å². The van der Waals surface area contributed by atoms with E-state index < -0.39 is 0 Å². The van der Waals surface area contributed by atoms with Crippen molar-refractivity contribution in [3.05, 3.63) is 21.4 Å². The Morgan fingerprint density at radius 3 is 2.93 bits per heavy atom. The van der Waals surface area contributed by atoms with Gasteiger partial charge >= 0.3 is 0 Å². The molecule has 78 valence electrons. The fourth-order valence-electron chi connectivity index (χ4n) is 2.15. The summed E-state index contributed by atoms with van der Waals surface area (Å²) in [4.78, 5) is 4.18. The lowest BCUT2D eigenvalue weighted by molar-refractivity contribution is 0.206. The molecule has 1 aliphatic rings. The number of fused-ring (bicyclic) bond motifs is 1. The van der Waals surface area contributed by atoms with E-state index in [1.54, 1.807) is 16.0 Å². The fourth-order valence-corrected chi connectivity index (χ4v) is 3.36. The highest BCUT2D eigenvalue weighted by atomic mass is 32.1. The van der Waals surface area contributed by atoms with Crippen LogP contribution >= 0.6 is 11.3 Å². The van der Waals surface area contributed by atoms with Crippen molar-refractivity contribution < 1.29 is 0 Å². The molecular formula is C12H19NS. The van der Waals surface area contributed by atoms with Crippen molar-refractivity contribution in [3.63, 3.8) is 0 Å². The first-order valence-corrected chi connectivity index (χ1v) is 6.42. The number of hydrogen-bond donors (Lipinski definition) is 0. The molecule has 2 heterocycles. The third kappa shape index (κ3) is 1.73. The smallest absolute Gasteiger partial charge is 0.0333 e. The average molecular weight is 209 g/mol. The summed E-state index contributed by atoms with van der Waals surface area (Å²) in [6.45, 7) is 9.27. The first kappa shape index (κ1) is 10.2. The third-order valence-electron chi connectivity index (χ3n) is 3.17. The van der Waals surface area contributed by atoms with E-state index in [0.717, 1.165) is 0 Å². The Morgan fingerprint density at radius 2 is 2.29 bits per heavy atom. The summed E-state index contributed by atoms with van der Waals surface area (Å²) in [6.07, 6.45) is 2.47. The molecule has 0 spiro atoms. The van der Waals surface area contributed by atoms with Crippen LogP contribution in [-0.4, -0.2) is 17.5 Å². The average Bonchev–Trinajstić information content (AvgIpc) is 2.59. The number of nitrogens with zero attached hydrogens (tertiary/aromatic N) is 1. The Balaban J connectivity index is 2.20. The number of aryl methyl sites for hydroxylation is 1. The first-order valence-electron chi connectivity index (χ1n) is 5.54. The predicted octanol–water partition coefficient (Wildman–Crippen LogP) is 3.08. The molecule has 0 saturated heterocycles. The molecule has 0 bridgehead atoms. The Bertz CT molecular complexity index is 314. The number of hydrogen-bond acceptors (Lipinski definition) is 2. The molecule has 0 unspecified atom stereocenters. The van der Waals surface area contributed by atoms with Gasteiger partial charge in [0.25, 0.3) is 0 Å². The van der Waals surface area contributed by atoms with Crippen LogP contribution in [0.25, 0.3) is 0 Å². The molecule has 2 heteroatoms. The monoisotopic (exact) mass is 209 g/mol. The predicted molar refractivity (Wildman–Crippen MR) is 62.9 cm³/mol. The van der Waals surface area contributed by atoms with Gasteiger partial charge in [0.2, 0.25) is 0 Å². The Kier molecular flexibility index (Phi) is 2.93. The highest BCUT2D eigenvalue weighted by Gasteiger charge is 2.21. The van der Waals surface area contributed by atoms with Crippen LogP contribution in [0.5, 0.6) is 0 Å². The number of thiophene rings is 1. The van der Waals surface area contributed by atoms with Crippen molar-refractivity contribution in [2.45, 2.75) is 46.2 Å². The van der Waals surface area contributed by atoms with Crippen molar-refractivity contribution in [1.82, 2.24) is 4.90 Å². The minimum Gasteiger partial charge on any atom is -0.296 e. The molecule has 0 radical (unpaired) electrons. The van der Waals surface area contributed by atoms with Crippen LogP contribution in [0.2, 0.25) is 0 Å². The maximum absolute atomic E-state index is 2.57. The van der Waals surface area contributed by atoms with Crippen molar-refractivity contribution in [1.29, 1.82) is 0 Å². The molecule has 0 aromatic carbocycles. The first-order chi connectivity index (χ1) is 6.72. The van der Waals surface area contributed by atoms with Crippen molar-refractivity contribution >= 4 is 11.3 Å². The van der Waals surface area contributed by atoms with Crippen LogP contribution in [0.1, 0.15) is 36.8 Å². The molecule has 0 N–H and O–H groups in total. The Labute approximate surface area is 90.7 Å². The molecule has 1 aromatic rings. The van der Waals surface area contributed by atoms with E-state index in [2.05, 4.69) is 31.1 Å². The summed E-state index contributed by atoms with van der Waals surface area (Å²) < 4.78 is 0. The molecule has 1 aliphatic heterocycles. The molecule has 2 rings (SSSR count). The summed E-state index contributed by atoms with van der Waals surface area (Å²) in [5.74, 6) is 0. The van der Waals surface area contributed by atoms with Gasteiger partial charge in [-0.25, -0.2) is 0 Å². The summed E-state index contributed by atoms with van der Waals surface area (Å²) in [6, 6.07) is 0.690. The molecule has 1 nitrogen and oxygen atoms in total. The van der Waals surface area contributed by atoms with E-state index >= 15 is 0 Å². The molecule has 0 fully saturated rings. The molecule has 0 amide bonds. The minimum absolute atomic E-state index is 0.690. The molecule has 1 aromatic heterocycles. The Morgan fingerprint density at radius 1 is 1.50 bits per heavy atom. The normalized spacial score (nSPS) is 17.4. The van der Waals surface area contributed by atoms with Crippen molar-refractivity contribution in [2.24, 2.45) is 0 Å². The second kappa shape index (κ2) is 4.03. The molecular weight excluding hydrogens is 190 g/mol. The molecule has 14 heavy (non-hydrogen) atoms. The number of rotatable bonds is 2. The van der Waals surface area contributed by atoms with Gasteiger partial charge in [0.15, 0.2) is 0 Å². The van der Waals surface area contributed by atoms with Crippen LogP contribution < -0.4 is 0 Å². The van der Waals surface area contributed by atoms with Gasteiger partial charge in [0.05, 0.1) is 0 Å². The van der Waals surface area contributed by atoms with Gasteiger partial charge in [-0.2, -0.15) is 0 Å². The third-order valence-corrected chi connectivity index (χ3v) is 4.24. The zero-order valence-electron chi connectivity index (χ0n) is 9.34. The van der Waals surface area contributed by atoms with E-state index in [1.165, 1.54) is 25.9 Å². The van der Waals surface area contributed by atoms with Gasteiger partial charge in [0, 0.05) is 24.0 Å². The summed E-state index contributed by atoms with van der Waals surface area (Å²) in [5, 5.41) is 2.36. The van der Waals surface area contributed by atoms with Gasteiger partial charge in [-0.1, -0.05) is 6.92 Å². The molecule has 0 aliphatic carbocycles. The highest BCUT2D eigenvalue weighted by Crippen LogP contribution is 2.29. The SMILES string of the molecule is CCc1csc2c1CCN(C(C)C)C2. The molecule has 0 saturated carbocycles. The van der Waals surface area contributed by atoms with Crippen LogP contribution in [0, 0.1) is 0 Å². The highest BCUT2D eigenvalue weighted by molar-refractivity contribution is 7.10. The largest absolute Gasteiger partial charge is 0.296 e. The second-order valence-electron chi connectivity index (χ2n) is 4.33. The second-order valence-corrected chi connectivity index (χ2v) is 5.29. The zero-order valence-corrected chi connectivity index (χ0v) is 10.2. The quantitative estimate of drug-likeness (QED) is 0.723. The summed E-state index contributed by atoms with van der Waals surface area (Å²) >= 11 is 1.96. The lowest BCUT2D eigenvalue weighted by atomic mass is 10.0. The lowest BCUT2D eigenvalue weighted by Crippen LogP contribution is -2.35. The summed E-state index contributed by atoms with van der Waals surface area (Å²) in [5.41, 5.74) is 3.25. The van der Waals surface area contributed by atoms with E-state index in [-0.39, 0.29) is 0 Å². The maximum atomic E-state index is 2.57. The summed E-state index contributed by atoms with van der Waals surface area (Å²) in [7, 11) is 0. The van der Waals surface area contributed by atoms with Crippen molar-refractivity contribution in [2.75, 3.05) is 6.54 Å². The Hall–Kier alpha value is -0.340. The fraction of sp³-hybridized carbons (Fsp3) is 0.667. The molecule has 0 atom stereocenters. The standard InChI is InChI=1S/C12H19NS/c1-4-10-8-14-12-7-13(9(2)3)6-5-11(10)12/h8-9H,4-7H2,1-3H3. The van der Waals surface area contributed by atoms with Gasteiger partial charge in [0.1, 0.15) is 0 Å². The van der Waals surface area contributed by atoms with Crippen LogP contribution in [0.4, 0.5) is 0 Å². The van der Waals surface area contributed by atoms with Crippen LogP contribution in [-0.2, 0) is 19.4 Å². The van der Waals surface area contributed by atoms with E-state index in [0.29, 0.717) is 6.04 Å². The maximum Gasteiger partial charge on any atom is 0.0333 e. The zero-order chi connectivity index (χ0) is 10.1. The van der Waals surface area contributed by atoms with E-state index in [1.807, 2.05) is 11.3 Å². The van der Waals surface area contributed by atoms with Crippen LogP contribution in [0.15, 0.2) is 5.38 Å².